The Hall–Kier alpha value is -2.85. The van der Waals surface area contributed by atoms with Gasteiger partial charge < -0.3 is 15.5 Å². The van der Waals surface area contributed by atoms with Gasteiger partial charge in [-0.25, -0.2) is 0 Å². The molecule has 0 aromatic carbocycles. The maximum Gasteiger partial charge on any atom is 0.293 e. The van der Waals surface area contributed by atoms with E-state index in [2.05, 4.69) is 27.0 Å². The Morgan fingerprint density at radius 3 is 3.00 bits per heavy atom. The third kappa shape index (κ3) is 2.72. The van der Waals surface area contributed by atoms with Crippen molar-refractivity contribution in [2.45, 2.75) is 19.0 Å². The average Bonchev–Trinajstić information content (AvgIpc) is 3.26. The molecular formula is C17H16N4O3. The number of furan rings is 1. The van der Waals surface area contributed by atoms with E-state index < -0.39 is 5.91 Å². The quantitative estimate of drug-likeness (QED) is 0.781. The molecule has 2 aromatic heterocycles. The second-order valence-corrected chi connectivity index (χ2v) is 6.21. The van der Waals surface area contributed by atoms with Gasteiger partial charge >= 0.3 is 0 Å². The number of carbonyl (C=O) groups is 2. The van der Waals surface area contributed by atoms with Crippen molar-refractivity contribution in [2.75, 3.05) is 13.1 Å². The summed E-state index contributed by atoms with van der Waals surface area (Å²) in [4.78, 5) is 29.6. The molecule has 0 radical (unpaired) electrons. The molecular weight excluding hydrogens is 308 g/mol. The van der Waals surface area contributed by atoms with Crippen LogP contribution in [0.1, 0.15) is 29.1 Å². The number of aromatic nitrogens is 1. The van der Waals surface area contributed by atoms with Crippen molar-refractivity contribution in [1.82, 2.24) is 15.2 Å². The Kier molecular flexibility index (Phi) is 3.47. The lowest BCUT2D eigenvalue weighted by molar-refractivity contribution is -0.112. The lowest BCUT2D eigenvalue weighted by Gasteiger charge is -2.25. The SMILES string of the molecule is NC(=O)C#Cc1cc2cnc(C(=O)NC3CC4CCN3C4)cc2o1. The van der Waals surface area contributed by atoms with E-state index in [1.165, 1.54) is 6.42 Å². The van der Waals surface area contributed by atoms with E-state index in [0.717, 1.165) is 19.5 Å². The number of nitrogens with zero attached hydrogens (tertiary/aromatic N) is 2. The van der Waals surface area contributed by atoms with E-state index in [1.54, 1.807) is 18.3 Å². The second-order valence-electron chi connectivity index (χ2n) is 6.21. The fraction of sp³-hybridized carbons (Fsp3) is 0.353. The zero-order valence-corrected chi connectivity index (χ0v) is 12.9. The molecule has 0 saturated carbocycles. The summed E-state index contributed by atoms with van der Waals surface area (Å²) >= 11 is 0. The van der Waals surface area contributed by atoms with Gasteiger partial charge in [0.05, 0.1) is 6.17 Å². The summed E-state index contributed by atoms with van der Waals surface area (Å²) in [5.74, 6) is 4.81. The highest BCUT2D eigenvalue weighted by atomic mass is 16.3. The molecule has 3 N–H and O–H groups in total. The van der Waals surface area contributed by atoms with Crippen molar-refractivity contribution >= 4 is 22.8 Å². The van der Waals surface area contributed by atoms with E-state index in [-0.39, 0.29) is 12.1 Å². The third-order valence-corrected chi connectivity index (χ3v) is 4.56. The number of carbonyl (C=O) groups excluding carboxylic acids is 2. The minimum Gasteiger partial charge on any atom is -0.448 e. The number of nitrogens with one attached hydrogen (secondary N) is 1. The van der Waals surface area contributed by atoms with Gasteiger partial charge in [0.1, 0.15) is 11.3 Å². The van der Waals surface area contributed by atoms with Crippen LogP contribution in [0.25, 0.3) is 11.0 Å². The Morgan fingerprint density at radius 1 is 1.42 bits per heavy atom. The molecule has 2 aliphatic heterocycles. The highest BCUT2D eigenvalue weighted by Crippen LogP contribution is 2.31. The molecule has 3 unspecified atom stereocenters. The smallest absolute Gasteiger partial charge is 0.293 e. The van der Waals surface area contributed by atoms with Gasteiger partial charge in [-0.3, -0.25) is 19.5 Å². The first-order valence-corrected chi connectivity index (χ1v) is 7.84. The molecule has 4 rings (SSSR count). The normalized spacial score (nSPS) is 24.6. The zero-order valence-electron chi connectivity index (χ0n) is 12.9. The number of pyridine rings is 1. The molecule has 122 valence electrons. The monoisotopic (exact) mass is 324 g/mol. The molecule has 2 aromatic rings. The molecule has 2 aliphatic rings. The summed E-state index contributed by atoms with van der Waals surface area (Å²) in [5.41, 5.74) is 5.78. The van der Waals surface area contributed by atoms with Crippen LogP contribution in [0.2, 0.25) is 0 Å². The van der Waals surface area contributed by atoms with Crippen LogP contribution in [0.15, 0.2) is 22.7 Å². The predicted octanol–water partition coefficient (Wildman–Crippen LogP) is 0.446. The van der Waals surface area contributed by atoms with Crippen molar-refractivity contribution in [3.8, 4) is 11.8 Å². The summed E-state index contributed by atoms with van der Waals surface area (Å²) in [5, 5.41) is 3.74. The van der Waals surface area contributed by atoms with Gasteiger partial charge in [-0.05, 0) is 24.7 Å². The Morgan fingerprint density at radius 2 is 2.29 bits per heavy atom. The van der Waals surface area contributed by atoms with E-state index in [0.29, 0.717) is 28.3 Å². The van der Waals surface area contributed by atoms with Crippen LogP contribution in [-0.4, -0.2) is 41.0 Å². The van der Waals surface area contributed by atoms with E-state index in [9.17, 15) is 9.59 Å². The third-order valence-electron chi connectivity index (χ3n) is 4.56. The van der Waals surface area contributed by atoms with Crippen LogP contribution in [-0.2, 0) is 4.79 Å². The topological polar surface area (TPSA) is 101 Å². The summed E-state index contributed by atoms with van der Waals surface area (Å²) in [6.07, 6.45) is 3.88. The Bertz CT molecular complexity index is 892. The average molecular weight is 324 g/mol. The first-order chi connectivity index (χ1) is 11.6. The van der Waals surface area contributed by atoms with E-state index >= 15 is 0 Å². The summed E-state index contributed by atoms with van der Waals surface area (Å²) in [7, 11) is 0. The molecule has 4 heterocycles. The van der Waals surface area contributed by atoms with Gasteiger partial charge in [0.15, 0.2) is 5.76 Å². The van der Waals surface area contributed by atoms with Crippen molar-refractivity contribution in [1.29, 1.82) is 0 Å². The second kappa shape index (κ2) is 5.65. The molecule has 24 heavy (non-hydrogen) atoms. The lowest BCUT2D eigenvalue weighted by atomic mass is 10.0. The van der Waals surface area contributed by atoms with Gasteiger partial charge in [-0.2, -0.15) is 0 Å². The van der Waals surface area contributed by atoms with Crippen LogP contribution in [0, 0.1) is 17.8 Å². The van der Waals surface area contributed by atoms with Gasteiger partial charge in [0.25, 0.3) is 11.8 Å². The van der Waals surface area contributed by atoms with E-state index in [4.69, 9.17) is 10.2 Å². The van der Waals surface area contributed by atoms with Crippen LogP contribution in [0.4, 0.5) is 0 Å². The maximum atomic E-state index is 12.4. The number of amides is 2. The summed E-state index contributed by atoms with van der Waals surface area (Å²) in [6.45, 7) is 2.11. The highest BCUT2D eigenvalue weighted by Gasteiger charge is 2.38. The lowest BCUT2D eigenvalue weighted by Crippen LogP contribution is -2.45. The predicted molar refractivity (Wildman–Crippen MR) is 85.6 cm³/mol. The van der Waals surface area contributed by atoms with Crippen LogP contribution < -0.4 is 11.1 Å². The number of rotatable bonds is 2. The molecule has 2 amide bonds. The molecule has 2 saturated heterocycles. The molecule has 3 atom stereocenters. The number of primary amides is 1. The Balaban J connectivity index is 1.53. The highest BCUT2D eigenvalue weighted by molar-refractivity contribution is 5.96. The Labute approximate surface area is 138 Å². The van der Waals surface area contributed by atoms with Crippen molar-refractivity contribution < 1.29 is 14.0 Å². The van der Waals surface area contributed by atoms with Crippen molar-refractivity contribution in [3.05, 3.63) is 29.8 Å². The first kappa shape index (κ1) is 14.7. The van der Waals surface area contributed by atoms with Crippen molar-refractivity contribution in [3.63, 3.8) is 0 Å². The zero-order chi connectivity index (χ0) is 16.7. The molecule has 0 spiro atoms. The molecule has 2 bridgehead atoms. The fourth-order valence-electron chi connectivity index (χ4n) is 3.42. The fourth-order valence-corrected chi connectivity index (χ4v) is 3.42. The van der Waals surface area contributed by atoms with Crippen LogP contribution >= 0.6 is 0 Å². The number of hydrogen-bond acceptors (Lipinski definition) is 5. The van der Waals surface area contributed by atoms with Gasteiger partial charge in [0.2, 0.25) is 0 Å². The first-order valence-electron chi connectivity index (χ1n) is 7.84. The number of fused-ring (bicyclic) bond motifs is 3. The molecule has 7 heteroatoms. The standard InChI is InChI=1S/C17H16N4O3/c18-15(22)2-1-12-6-11-8-19-13(7-14(11)24-12)17(23)20-16-5-10-3-4-21(16)9-10/h6-8,10,16H,3-5,9H2,(H2,18,22)(H,20,23). The van der Waals surface area contributed by atoms with Gasteiger partial charge in [0, 0.05) is 42.7 Å². The van der Waals surface area contributed by atoms with Crippen molar-refractivity contribution in [2.24, 2.45) is 11.7 Å². The molecule has 2 fully saturated rings. The van der Waals surface area contributed by atoms with Gasteiger partial charge in [-0.1, -0.05) is 0 Å². The number of piperidine rings is 1. The summed E-state index contributed by atoms with van der Waals surface area (Å²) in [6, 6.07) is 3.24. The number of hydrogen-bond donors (Lipinski definition) is 2. The minimum atomic E-state index is -0.727. The van der Waals surface area contributed by atoms with Crippen LogP contribution in [0.3, 0.4) is 0 Å². The van der Waals surface area contributed by atoms with Crippen LogP contribution in [0.5, 0.6) is 0 Å². The van der Waals surface area contributed by atoms with E-state index in [1.807, 2.05) is 0 Å². The van der Waals surface area contributed by atoms with Gasteiger partial charge in [-0.15, -0.1) is 0 Å². The molecule has 0 aliphatic carbocycles. The minimum absolute atomic E-state index is 0.0994. The summed E-state index contributed by atoms with van der Waals surface area (Å²) < 4.78 is 5.52. The number of nitrogens with two attached hydrogens (primary N) is 1. The molecule has 7 nitrogen and oxygen atoms in total. The largest absolute Gasteiger partial charge is 0.448 e. The maximum absolute atomic E-state index is 12.4.